The van der Waals surface area contributed by atoms with Crippen molar-refractivity contribution in [3.05, 3.63) is 17.8 Å². The fraction of sp³-hybridized carbons (Fsp3) is 0.400. The number of primary amides is 1. The Hall–Kier alpha value is -1.78. The Morgan fingerprint density at radius 3 is 2.67 bits per heavy atom. The van der Waals surface area contributed by atoms with Gasteiger partial charge in [-0.25, -0.2) is 4.98 Å². The quantitative estimate of drug-likeness (QED) is 0.731. The van der Waals surface area contributed by atoms with Gasteiger partial charge in [0.2, 0.25) is 0 Å². The molecule has 1 saturated heterocycles. The molecule has 1 aliphatic rings. The highest BCUT2D eigenvalue weighted by molar-refractivity contribution is 5.98. The number of hydrogen-bond donors (Lipinski definition) is 2. The maximum Gasteiger partial charge on any atom is 0.250 e. The van der Waals surface area contributed by atoms with Crippen LogP contribution in [0.5, 0.6) is 0 Å². The molecule has 15 heavy (non-hydrogen) atoms. The smallest absolute Gasteiger partial charge is 0.250 e. The van der Waals surface area contributed by atoms with Crippen LogP contribution in [0, 0.1) is 0 Å². The number of amides is 1. The number of anilines is 2. The maximum absolute atomic E-state index is 11.1. The van der Waals surface area contributed by atoms with Crippen molar-refractivity contribution in [2.75, 3.05) is 23.7 Å². The Kier molecular flexibility index (Phi) is 2.45. The van der Waals surface area contributed by atoms with Crippen LogP contribution in [0.25, 0.3) is 0 Å². The summed E-state index contributed by atoms with van der Waals surface area (Å²) in [5, 5.41) is 0. The Balaban J connectivity index is 2.33. The molecule has 1 fully saturated rings. The van der Waals surface area contributed by atoms with Gasteiger partial charge in [0.25, 0.3) is 5.91 Å². The van der Waals surface area contributed by atoms with Crippen LogP contribution < -0.4 is 16.4 Å². The Labute approximate surface area is 88.1 Å². The molecule has 2 rings (SSSR count). The van der Waals surface area contributed by atoms with Gasteiger partial charge in [-0.05, 0) is 18.9 Å². The molecule has 0 aromatic carbocycles. The molecule has 0 radical (unpaired) electrons. The Bertz CT molecular complexity index is 385. The lowest BCUT2D eigenvalue weighted by Gasteiger charge is -2.17. The lowest BCUT2D eigenvalue weighted by atomic mass is 10.2. The highest BCUT2D eigenvalue weighted by Crippen LogP contribution is 2.21. The number of nitrogens with zero attached hydrogens (tertiary/aromatic N) is 2. The molecular formula is C10H14N4O. The second-order valence-corrected chi connectivity index (χ2v) is 3.69. The molecule has 0 spiro atoms. The van der Waals surface area contributed by atoms with E-state index in [0.717, 1.165) is 31.7 Å². The third-order valence-corrected chi connectivity index (χ3v) is 2.62. The first-order valence-electron chi connectivity index (χ1n) is 4.99. The lowest BCUT2D eigenvalue weighted by molar-refractivity contribution is 0.100. The van der Waals surface area contributed by atoms with Crippen molar-refractivity contribution >= 4 is 17.4 Å². The van der Waals surface area contributed by atoms with E-state index in [-0.39, 0.29) is 0 Å². The predicted octanol–water partition coefficient (Wildman–Crippen LogP) is 0.363. The summed E-state index contributed by atoms with van der Waals surface area (Å²) >= 11 is 0. The van der Waals surface area contributed by atoms with Crippen LogP contribution in [0.2, 0.25) is 0 Å². The number of carbonyl (C=O) groups excluding carboxylic acids is 1. The molecule has 0 unspecified atom stereocenters. The van der Waals surface area contributed by atoms with E-state index in [1.165, 1.54) is 6.20 Å². The van der Waals surface area contributed by atoms with Crippen molar-refractivity contribution in [3.8, 4) is 0 Å². The van der Waals surface area contributed by atoms with E-state index in [1.807, 2.05) is 0 Å². The van der Waals surface area contributed by atoms with Crippen LogP contribution in [0.15, 0.2) is 12.3 Å². The SMILES string of the molecule is NC(=O)c1cc(N2CCCC2)ncc1N. The molecule has 5 heteroatoms. The van der Waals surface area contributed by atoms with Crippen molar-refractivity contribution in [2.24, 2.45) is 5.73 Å². The van der Waals surface area contributed by atoms with Gasteiger partial charge in [0, 0.05) is 13.1 Å². The second-order valence-electron chi connectivity index (χ2n) is 3.69. The minimum absolute atomic E-state index is 0.338. The van der Waals surface area contributed by atoms with E-state index in [9.17, 15) is 4.79 Å². The van der Waals surface area contributed by atoms with Crippen LogP contribution >= 0.6 is 0 Å². The lowest BCUT2D eigenvalue weighted by Crippen LogP contribution is -2.21. The number of nitrogens with two attached hydrogens (primary N) is 2. The molecule has 0 saturated carbocycles. The largest absolute Gasteiger partial charge is 0.397 e. The van der Waals surface area contributed by atoms with E-state index in [1.54, 1.807) is 6.07 Å². The molecule has 1 amide bonds. The first-order valence-corrected chi connectivity index (χ1v) is 4.99. The summed E-state index contributed by atoms with van der Waals surface area (Å²) in [6, 6.07) is 1.67. The van der Waals surface area contributed by atoms with Gasteiger partial charge in [-0.3, -0.25) is 4.79 Å². The van der Waals surface area contributed by atoms with Crippen LogP contribution in [0.1, 0.15) is 23.2 Å². The average Bonchev–Trinajstić information content (AvgIpc) is 2.71. The summed E-state index contributed by atoms with van der Waals surface area (Å²) < 4.78 is 0. The van der Waals surface area contributed by atoms with Gasteiger partial charge >= 0.3 is 0 Å². The first-order chi connectivity index (χ1) is 7.18. The van der Waals surface area contributed by atoms with Crippen molar-refractivity contribution in [1.29, 1.82) is 0 Å². The van der Waals surface area contributed by atoms with Crippen LogP contribution in [0.3, 0.4) is 0 Å². The fourth-order valence-electron chi connectivity index (χ4n) is 1.79. The number of nitrogen functional groups attached to an aromatic ring is 1. The molecule has 0 aliphatic carbocycles. The molecule has 4 N–H and O–H groups in total. The molecule has 0 bridgehead atoms. The van der Waals surface area contributed by atoms with Crippen LogP contribution in [-0.2, 0) is 0 Å². The zero-order valence-corrected chi connectivity index (χ0v) is 8.44. The highest BCUT2D eigenvalue weighted by atomic mass is 16.1. The van der Waals surface area contributed by atoms with Gasteiger partial charge in [0.05, 0.1) is 17.4 Å². The number of rotatable bonds is 2. The number of aromatic nitrogens is 1. The van der Waals surface area contributed by atoms with Gasteiger partial charge in [-0.15, -0.1) is 0 Å². The molecule has 80 valence electrons. The summed E-state index contributed by atoms with van der Waals surface area (Å²) in [5.74, 6) is 0.283. The average molecular weight is 206 g/mol. The van der Waals surface area contributed by atoms with E-state index >= 15 is 0 Å². The molecule has 1 aliphatic heterocycles. The summed E-state index contributed by atoms with van der Waals surface area (Å²) in [7, 11) is 0. The van der Waals surface area contributed by atoms with Gasteiger partial charge in [0.1, 0.15) is 5.82 Å². The van der Waals surface area contributed by atoms with Crippen molar-refractivity contribution in [2.45, 2.75) is 12.8 Å². The molecule has 2 heterocycles. The van der Waals surface area contributed by atoms with Crippen molar-refractivity contribution in [1.82, 2.24) is 4.98 Å². The van der Waals surface area contributed by atoms with Gasteiger partial charge in [-0.1, -0.05) is 0 Å². The Morgan fingerprint density at radius 1 is 1.40 bits per heavy atom. The summed E-state index contributed by atoms with van der Waals surface area (Å²) in [6.45, 7) is 1.96. The van der Waals surface area contributed by atoms with E-state index in [0.29, 0.717) is 11.3 Å². The third kappa shape index (κ3) is 1.86. The number of carbonyl (C=O) groups is 1. The predicted molar refractivity (Wildman–Crippen MR) is 58.6 cm³/mol. The van der Waals surface area contributed by atoms with Crippen molar-refractivity contribution < 1.29 is 4.79 Å². The standard InChI is InChI=1S/C10H14N4O/c11-8-6-13-9(5-7(8)10(12)15)14-3-1-2-4-14/h5-6H,1-4,11H2,(H2,12,15). The zero-order chi connectivity index (χ0) is 10.8. The molecule has 0 atom stereocenters. The fourth-order valence-corrected chi connectivity index (χ4v) is 1.79. The second kappa shape index (κ2) is 3.76. The topological polar surface area (TPSA) is 85.2 Å². The Morgan fingerprint density at radius 2 is 2.07 bits per heavy atom. The molecule has 1 aromatic rings. The summed E-state index contributed by atoms with van der Waals surface area (Å²) in [5.41, 5.74) is 11.5. The number of pyridine rings is 1. The first kappa shape index (κ1) is 9.76. The molecule has 1 aromatic heterocycles. The third-order valence-electron chi connectivity index (χ3n) is 2.62. The molecule has 5 nitrogen and oxygen atoms in total. The van der Waals surface area contributed by atoms with Crippen LogP contribution in [-0.4, -0.2) is 24.0 Å². The van der Waals surface area contributed by atoms with E-state index in [4.69, 9.17) is 11.5 Å². The normalized spacial score (nSPS) is 15.6. The van der Waals surface area contributed by atoms with Crippen molar-refractivity contribution in [3.63, 3.8) is 0 Å². The monoisotopic (exact) mass is 206 g/mol. The van der Waals surface area contributed by atoms with Gasteiger partial charge < -0.3 is 16.4 Å². The number of hydrogen-bond acceptors (Lipinski definition) is 4. The van der Waals surface area contributed by atoms with Gasteiger partial charge in [0.15, 0.2) is 0 Å². The zero-order valence-electron chi connectivity index (χ0n) is 8.44. The summed E-state index contributed by atoms with van der Waals surface area (Å²) in [4.78, 5) is 17.4. The molecular weight excluding hydrogens is 192 g/mol. The van der Waals surface area contributed by atoms with Crippen LogP contribution in [0.4, 0.5) is 11.5 Å². The minimum Gasteiger partial charge on any atom is -0.397 e. The maximum atomic E-state index is 11.1. The highest BCUT2D eigenvalue weighted by Gasteiger charge is 2.16. The van der Waals surface area contributed by atoms with E-state index < -0.39 is 5.91 Å². The minimum atomic E-state index is -0.504. The van der Waals surface area contributed by atoms with E-state index in [2.05, 4.69) is 9.88 Å². The summed E-state index contributed by atoms with van der Waals surface area (Å²) in [6.07, 6.45) is 3.82. The van der Waals surface area contributed by atoms with Gasteiger partial charge in [-0.2, -0.15) is 0 Å².